The molecule has 2 aromatic rings. The number of rotatable bonds is 2. The number of hydrogen-bond donors (Lipinski definition) is 1. The first-order chi connectivity index (χ1) is 8.39. The summed E-state index contributed by atoms with van der Waals surface area (Å²) in [6, 6.07) is 11.3. The number of aromatic carboxylic acids is 1. The first-order valence-electron chi connectivity index (χ1n) is 5.79. The Balaban J connectivity index is 2.62. The van der Waals surface area contributed by atoms with Gasteiger partial charge in [0.1, 0.15) is 0 Å². The molecule has 0 atom stereocenters. The van der Waals surface area contributed by atoms with Gasteiger partial charge >= 0.3 is 5.97 Å². The zero-order valence-corrected chi connectivity index (χ0v) is 10.7. The molecule has 1 aromatic heterocycles. The van der Waals surface area contributed by atoms with E-state index < -0.39 is 5.97 Å². The van der Waals surface area contributed by atoms with Crippen LogP contribution in [0.25, 0.3) is 11.3 Å². The van der Waals surface area contributed by atoms with Crippen molar-refractivity contribution in [2.24, 2.45) is 0 Å². The molecule has 0 aliphatic carbocycles. The van der Waals surface area contributed by atoms with Crippen LogP contribution in [0.2, 0.25) is 0 Å². The molecule has 0 aliphatic rings. The highest BCUT2D eigenvalue weighted by Gasteiger charge is 2.22. The van der Waals surface area contributed by atoms with Gasteiger partial charge < -0.3 is 5.11 Å². The smallest absolute Gasteiger partial charge is 0.356 e. The second-order valence-electron chi connectivity index (χ2n) is 5.17. The van der Waals surface area contributed by atoms with E-state index >= 15 is 0 Å². The van der Waals surface area contributed by atoms with Gasteiger partial charge in [-0.2, -0.15) is 5.10 Å². The third kappa shape index (κ3) is 2.27. The molecule has 0 saturated carbocycles. The number of nitrogens with zero attached hydrogens (tertiary/aromatic N) is 2. The van der Waals surface area contributed by atoms with Gasteiger partial charge in [-0.3, -0.25) is 4.68 Å². The van der Waals surface area contributed by atoms with Crippen molar-refractivity contribution in [3.05, 3.63) is 42.1 Å². The van der Waals surface area contributed by atoms with Crippen LogP contribution in [-0.4, -0.2) is 20.9 Å². The Morgan fingerprint density at radius 1 is 1.22 bits per heavy atom. The molecule has 0 spiro atoms. The van der Waals surface area contributed by atoms with E-state index in [4.69, 9.17) is 5.11 Å². The summed E-state index contributed by atoms with van der Waals surface area (Å²) in [5, 5.41) is 13.2. The molecule has 0 aliphatic heterocycles. The van der Waals surface area contributed by atoms with Crippen LogP contribution in [0.4, 0.5) is 0 Å². The lowest BCUT2D eigenvalue weighted by Crippen LogP contribution is -2.24. The maximum absolute atomic E-state index is 11.0. The zero-order chi connectivity index (χ0) is 13.3. The van der Waals surface area contributed by atoms with Crippen molar-refractivity contribution in [1.29, 1.82) is 0 Å². The molecule has 0 unspecified atom stereocenters. The lowest BCUT2D eigenvalue weighted by Gasteiger charge is -2.22. The highest BCUT2D eigenvalue weighted by Crippen LogP contribution is 2.26. The molecule has 4 nitrogen and oxygen atoms in total. The zero-order valence-electron chi connectivity index (χ0n) is 10.7. The molecule has 0 fully saturated rings. The van der Waals surface area contributed by atoms with E-state index in [1.165, 1.54) is 0 Å². The predicted molar refractivity (Wildman–Crippen MR) is 69.6 cm³/mol. The summed E-state index contributed by atoms with van der Waals surface area (Å²) >= 11 is 0. The molecule has 4 heteroatoms. The van der Waals surface area contributed by atoms with Gasteiger partial charge in [-0.25, -0.2) is 4.79 Å². The van der Waals surface area contributed by atoms with Crippen LogP contribution in [0.5, 0.6) is 0 Å². The van der Waals surface area contributed by atoms with E-state index in [2.05, 4.69) is 5.10 Å². The van der Waals surface area contributed by atoms with Crippen molar-refractivity contribution >= 4 is 5.97 Å². The van der Waals surface area contributed by atoms with E-state index in [-0.39, 0.29) is 11.2 Å². The minimum atomic E-state index is -1.00. The fourth-order valence-corrected chi connectivity index (χ4v) is 1.81. The number of carbonyl (C=O) groups is 1. The summed E-state index contributed by atoms with van der Waals surface area (Å²) in [6.07, 6.45) is 0. The first kappa shape index (κ1) is 12.4. The van der Waals surface area contributed by atoms with E-state index in [1.807, 2.05) is 51.1 Å². The van der Waals surface area contributed by atoms with Crippen LogP contribution in [0.3, 0.4) is 0 Å². The van der Waals surface area contributed by atoms with Gasteiger partial charge in [-0.15, -0.1) is 0 Å². The Bertz CT molecular complexity index is 565. The van der Waals surface area contributed by atoms with Gasteiger partial charge in [0.2, 0.25) is 0 Å². The highest BCUT2D eigenvalue weighted by atomic mass is 16.4. The average molecular weight is 244 g/mol. The molecular formula is C14H16N2O2. The lowest BCUT2D eigenvalue weighted by molar-refractivity contribution is 0.0688. The van der Waals surface area contributed by atoms with E-state index in [0.29, 0.717) is 0 Å². The summed E-state index contributed by atoms with van der Waals surface area (Å²) in [4.78, 5) is 11.0. The van der Waals surface area contributed by atoms with E-state index in [1.54, 1.807) is 10.7 Å². The summed E-state index contributed by atoms with van der Waals surface area (Å²) < 4.78 is 1.76. The van der Waals surface area contributed by atoms with E-state index in [9.17, 15) is 4.79 Å². The predicted octanol–water partition coefficient (Wildman–Crippen LogP) is 3.00. The fraction of sp³-hybridized carbons (Fsp3) is 0.286. The molecular weight excluding hydrogens is 228 g/mol. The Morgan fingerprint density at radius 3 is 2.33 bits per heavy atom. The topological polar surface area (TPSA) is 55.1 Å². The summed E-state index contributed by atoms with van der Waals surface area (Å²) in [5.41, 5.74) is 1.59. The molecule has 2 rings (SSSR count). The number of carboxylic acid groups (broad SMARTS) is 1. The van der Waals surface area contributed by atoms with Gasteiger partial charge in [0, 0.05) is 0 Å². The molecule has 1 heterocycles. The maximum Gasteiger partial charge on any atom is 0.356 e. The van der Waals surface area contributed by atoms with Crippen LogP contribution < -0.4 is 0 Å². The van der Waals surface area contributed by atoms with Crippen LogP contribution >= 0.6 is 0 Å². The quantitative estimate of drug-likeness (QED) is 0.883. The third-order valence-electron chi connectivity index (χ3n) is 2.63. The lowest BCUT2D eigenvalue weighted by atomic mass is 10.1. The fourth-order valence-electron chi connectivity index (χ4n) is 1.81. The molecule has 0 bridgehead atoms. The summed E-state index contributed by atoms with van der Waals surface area (Å²) in [7, 11) is 0. The molecule has 0 radical (unpaired) electrons. The van der Waals surface area contributed by atoms with Crippen LogP contribution in [0, 0.1) is 0 Å². The largest absolute Gasteiger partial charge is 0.476 e. The highest BCUT2D eigenvalue weighted by molar-refractivity contribution is 5.87. The standard InChI is InChI=1S/C14H16N2O2/c1-14(2,3)16-12(9-11(15-16)13(17)18)10-7-5-4-6-8-10/h4-9H,1-3H3,(H,17,18). The molecule has 94 valence electrons. The Kier molecular flexibility index (Phi) is 2.95. The van der Waals surface area contributed by atoms with Crippen molar-refractivity contribution < 1.29 is 9.90 Å². The molecule has 18 heavy (non-hydrogen) atoms. The average Bonchev–Trinajstić information content (AvgIpc) is 2.74. The van der Waals surface area contributed by atoms with Gasteiger partial charge in [0.25, 0.3) is 0 Å². The van der Waals surface area contributed by atoms with Crippen LogP contribution in [0.1, 0.15) is 31.3 Å². The molecule has 1 N–H and O–H groups in total. The van der Waals surface area contributed by atoms with Gasteiger partial charge in [-0.1, -0.05) is 30.3 Å². The van der Waals surface area contributed by atoms with Crippen molar-refractivity contribution in [3.8, 4) is 11.3 Å². The minimum Gasteiger partial charge on any atom is -0.476 e. The molecule has 1 aromatic carbocycles. The van der Waals surface area contributed by atoms with Crippen molar-refractivity contribution in [1.82, 2.24) is 9.78 Å². The normalized spacial score (nSPS) is 11.5. The maximum atomic E-state index is 11.0. The van der Waals surface area contributed by atoms with Gasteiger partial charge in [-0.05, 0) is 32.4 Å². The second-order valence-corrected chi connectivity index (χ2v) is 5.17. The van der Waals surface area contributed by atoms with Gasteiger partial charge in [0.15, 0.2) is 5.69 Å². The Morgan fingerprint density at radius 2 is 1.83 bits per heavy atom. The molecule has 0 amide bonds. The third-order valence-corrected chi connectivity index (χ3v) is 2.63. The first-order valence-corrected chi connectivity index (χ1v) is 5.79. The van der Waals surface area contributed by atoms with Crippen molar-refractivity contribution in [3.63, 3.8) is 0 Å². The number of aromatic nitrogens is 2. The van der Waals surface area contributed by atoms with Crippen LogP contribution in [0.15, 0.2) is 36.4 Å². The van der Waals surface area contributed by atoms with Crippen LogP contribution in [-0.2, 0) is 5.54 Å². The summed E-state index contributed by atoms with van der Waals surface area (Å²) in [5.74, 6) is -1.00. The van der Waals surface area contributed by atoms with Crippen molar-refractivity contribution in [2.75, 3.05) is 0 Å². The summed E-state index contributed by atoms with van der Waals surface area (Å²) in [6.45, 7) is 5.99. The minimum absolute atomic E-state index is 0.0729. The Hall–Kier alpha value is -2.10. The Labute approximate surface area is 106 Å². The monoisotopic (exact) mass is 244 g/mol. The second kappa shape index (κ2) is 4.29. The van der Waals surface area contributed by atoms with E-state index in [0.717, 1.165) is 11.3 Å². The number of benzene rings is 1. The van der Waals surface area contributed by atoms with Gasteiger partial charge in [0.05, 0.1) is 11.2 Å². The number of carboxylic acids is 1. The van der Waals surface area contributed by atoms with Crippen molar-refractivity contribution in [2.45, 2.75) is 26.3 Å². The molecule has 0 saturated heterocycles. The SMILES string of the molecule is CC(C)(C)n1nc(C(=O)O)cc1-c1ccccc1. The number of hydrogen-bond acceptors (Lipinski definition) is 2.